The van der Waals surface area contributed by atoms with Gasteiger partial charge in [-0.3, -0.25) is 19.2 Å². The summed E-state index contributed by atoms with van der Waals surface area (Å²) in [6.45, 7) is 4.21. The maximum atomic E-state index is 12.4. The first-order valence-corrected chi connectivity index (χ1v) is 12.4. The van der Waals surface area contributed by atoms with Gasteiger partial charge in [-0.05, 0) is 18.1 Å². The molecule has 0 aromatic heterocycles. The molecule has 0 radical (unpaired) electrons. The van der Waals surface area contributed by atoms with Crippen LogP contribution in [0, 0.1) is 5.92 Å². The minimum atomic E-state index is -1.61. The van der Waals surface area contributed by atoms with Gasteiger partial charge >= 0.3 is 0 Å². The first-order chi connectivity index (χ1) is 18.1. The number of ketones is 2. The van der Waals surface area contributed by atoms with E-state index in [0.29, 0.717) is 5.92 Å². The second-order valence-electron chi connectivity index (χ2n) is 9.13. The zero-order chi connectivity index (χ0) is 27.7. The molecule has 2 aliphatic carbocycles. The van der Waals surface area contributed by atoms with Crippen molar-refractivity contribution in [3.63, 3.8) is 0 Å². The summed E-state index contributed by atoms with van der Waals surface area (Å²) in [6.07, 6.45) is 20.0. The van der Waals surface area contributed by atoms with Gasteiger partial charge in [0.05, 0.1) is 5.70 Å². The van der Waals surface area contributed by atoms with E-state index >= 15 is 0 Å². The molecule has 38 heavy (non-hydrogen) atoms. The second-order valence-corrected chi connectivity index (χ2v) is 9.13. The summed E-state index contributed by atoms with van der Waals surface area (Å²) in [5.74, 6) is -1.46. The number of fused-ring (bicyclic) bond motifs is 1. The number of amides is 2. The van der Waals surface area contributed by atoms with Crippen molar-refractivity contribution >= 4 is 23.4 Å². The average Bonchev–Trinajstić information content (AvgIpc) is 3.65. The fourth-order valence-corrected chi connectivity index (χ4v) is 3.71. The highest BCUT2D eigenvalue weighted by atomic mass is 16.6. The number of ether oxygens (including phenoxy) is 1. The van der Waals surface area contributed by atoms with E-state index < -0.39 is 35.4 Å². The van der Waals surface area contributed by atoms with Crippen molar-refractivity contribution in [2.75, 3.05) is 0 Å². The van der Waals surface area contributed by atoms with Gasteiger partial charge in [-0.25, -0.2) is 0 Å². The molecule has 1 heterocycles. The van der Waals surface area contributed by atoms with Gasteiger partial charge in [-0.1, -0.05) is 75.0 Å². The molecule has 3 aliphatic rings. The molecule has 4 N–H and O–H groups in total. The second kappa shape index (κ2) is 12.9. The molecule has 2 amide bonds. The molecule has 9 heteroatoms. The number of aliphatic hydroxyl groups excluding tert-OH is 1. The minimum absolute atomic E-state index is 0.0502. The molecule has 200 valence electrons. The van der Waals surface area contributed by atoms with Crippen LogP contribution in [0.3, 0.4) is 0 Å². The Morgan fingerprint density at radius 1 is 1.03 bits per heavy atom. The van der Waals surface area contributed by atoms with Gasteiger partial charge in [-0.15, -0.1) is 0 Å². The van der Waals surface area contributed by atoms with Crippen molar-refractivity contribution < 1.29 is 34.1 Å². The number of allylic oxidation sites excluding steroid dienone is 11. The van der Waals surface area contributed by atoms with E-state index in [2.05, 4.69) is 30.6 Å². The first-order valence-electron chi connectivity index (χ1n) is 12.4. The Morgan fingerprint density at radius 2 is 1.66 bits per heavy atom. The molecule has 0 bridgehead atoms. The fourth-order valence-electron chi connectivity index (χ4n) is 3.71. The highest BCUT2D eigenvalue weighted by Gasteiger charge is 2.59. The number of rotatable bonds is 11. The number of carbonyl (C=O) groups excluding carboxylic acids is 4. The molecule has 0 aromatic carbocycles. The summed E-state index contributed by atoms with van der Waals surface area (Å²) in [5.41, 5.74) is -1.73. The van der Waals surface area contributed by atoms with Crippen LogP contribution in [0.25, 0.3) is 0 Å². The molecule has 1 fully saturated rings. The summed E-state index contributed by atoms with van der Waals surface area (Å²) >= 11 is 0. The summed E-state index contributed by atoms with van der Waals surface area (Å²) in [5, 5.41) is 25.4. The maximum absolute atomic E-state index is 12.4. The van der Waals surface area contributed by atoms with Crippen LogP contribution >= 0.6 is 0 Å². The van der Waals surface area contributed by atoms with E-state index in [9.17, 15) is 29.4 Å². The van der Waals surface area contributed by atoms with E-state index in [0.717, 1.165) is 6.42 Å². The topological polar surface area (TPSA) is 145 Å². The molecular weight excluding hydrogens is 489 g/mol. The van der Waals surface area contributed by atoms with Gasteiger partial charge in [0, 0.05) is 25.0 Å². The van der Waals surface area contributed by atoms with E-state index in [1.54, 1.807) is 24.3 Å². The van der Waals surface area contributed by atoms with Crippen molar-refractivity contribution in [3.8, 4) is 0 Å². The number of hydrogen-bond acceptors (Lipinski definition) is 7. The summed E-state index contributed by atoms with van der Waals surface area (Å²) < 4.78 is 5.33. The van der Waals surface area contributed by atoms with Crippen molar-refractivity contribution in [1.82, 2.24) is 10.6 Å². The third kappa shape index (κ3) is 7.71. The Hall–Kier alpha value is -4.08. The van der Waals surface area contributed by atoms with Gasteiger partial charge in [0.1, 0.15) is 23.2 Å². The Bertz CT molecular complexity index is 1220. The van der Waals surface area contributed by atoms with Gasteiger partial charge in [-0.2, -0.15) is 0 Å². The third-order valence-corrected chi connectivity index (χ3v) is 6.12. The van der Waals surface area contributed by atoms with Crippen LogP contribution in [0.2, 0.25) is 0 Å². The molecule has 0 saturated carbocycles. The van der Waals surface area contributed by atoms with Crippen LogP contribution in [0.1, 0.15) is 33.1 Å². The number of Topliss-reactive ketones (excluding diaryl/α,β-unsaturated/α-hetero) is 2. The van der Waals surface area contributed by atoms with Crippen LogP contribution in [0.15, 0.2) is 96.1 Å². The predicted molar refractivity (Wildman–Crippen MR) is 141 cm³/mol. The van der Waals surface area contributed by atoms with E-state index in [1.165, 1.54) is 42.5 Å². The van der Waals surface area contributed by atoms with E-state index in [-0.39, 0.29) is 35.8 Å². The lowest BCUT2D eigenvalue weighted by atomic mass is 9.93. The molecule has 1 aliphatic heterocycles. The minimum Gasteiger partial charge on any atom is -0.510 e. The molecule has 9 nitrogen and oxygen atoms in total. The molecule has 4 atom stereocenters. The highest BCUT2D eigenvalue weighted by molar-refractivity contribution is 6.06. The third-order valence-electron chi connectivity index (χ3n) is 6.12. The standard InChI is InChI=1S/C29H32N2O7/c1-3-19(2)12-8-4-5-9-13-23(34)30-20-18-29(37,28-27(38-28)26(20)36)17-11-7-6-10-14-24(35)31-25-21(32)15-16-22(25)33/h4-14,17-19,27-28,32,37H,3,15-16H2,1-2H3,(H,30,34)(H,31,35)/b5-4+,7-6+,12-8+,13-9+,14-10+,17-11+/t19?,27-,28-,29+/m1/s1/i17+1. The summed E-state index contributed by atoms with van der Waals surface area (Å²) in [4.78, 5) is 48.2. The molecule has 1 saturated heterocycles. The largest absolute Gasteiger partial charge is 0.510 e. The zero-order valence-electron chi connectivity index (χ0n) is 21.3. The van der Waals surface area contributed by atoms with Gasteiger partial charge in [0.2, 0.25) is 17.6 Å². The summed E-state index contributed by atoms with van der Waals surface area (Å²) in [7, 11) is 0. The predicted octanol–water partition coefficient (Wildman–Crippen LogP) is 2.70. The Balaban J connectivity index is 1.54. The van der Waals surface area contributed by atoms with Crippen molar-refractivity contribution in [3.05, 3.63) is 96.1 Å². The van der Waals surface area contributed by atoms with Gasteiger partial charge < -0.3 is 25.6 Å². The lowest BCUT2D eigenvalue weighted by molar-refractivity contribution is -0.121. The number of aliphatic hydroxyl groups is 2. The Kier molecular flexibility index (Phi) is 9.70. The average molecular weight is 522 g/mol. The normalized spacial score (nSPS) is 26.4. The lowest BCUT2D eigenvalue weighted by Gasteiger charge is -2.23. The highest BCUT2D eigenvalue weighted by Crippen LogP contribution is 2.40. The SMILES string of the molecule is CCC(C)/C=C/C=C/C=C/C(=O)NC1=C[C@@](O)(/[13CH]=C/C=C/C=C/C(=O)NC2=C(O)CCC2=O)[C@@H]2O[C@@H]2C1=O. The Labute approximate surface area is 221 Å². The summed E-state index contributed by atoms with van der Waals surface area (Å²) in [6, 6.07) is 0. The smallest absolute Gasteiger partial charge is 0.248 e. The van der Waals surface area contributed by atoms with Crippen molar-refractivity contribution in [2.24, 2.45) is 5.92 Å². The van der Waals surface area contributed by atoms with E-state index in [1.807, 2.05) is 6.08 Å². The molecular formula is C29H32N2O7. The lowest BCUT2D eigenvalue weighted by Crippen LogP contribution is -2.42. The van der Waals surface area contributed by atoms with Gasteiger partial charge in [0.25, 0.3) is 0 Å². The number of carbonyl (C=O) groups is 4. The number of hydrogen-bond donors (Lipinski definition) is 4. The fraction of sp³-hybridized carbons (Fsp3) is 0.310. The van der Waals surface area contributed by atoms with Crippen LogP contribution < -0.4 is 10.6 Å². The van der Waals surface area contributed by atoms with Crippen molar-refractivity contribution in [2.45, 2.75) is 50.9 Å². The van der Waals surface area contributed by atoms with Crippen LogP contribution in [-0.4, -0.2) is 51.4 Å². The quantitative estimate of drug-likeness (QED) is 0.142. The number of nitrogens with one attached hydrogen (secondary N) is 2. The Morgan fingerprint density at radius 3 is 2.29 bits per heavy atom. The van der Waals surface area contributed by atoms with Gasteiger partial charge in [0.15, 0.2) is 11.9 Å². The molecule has 1 unspecified atom stereocenters. The molecule has 0 aromatic rings. The number of epoxide rings is 1. The monoisotopic (exact) mass is 521 g/mol. The molecule has 3 rings (SSSR count). The van der Waals surface area contributed by atoms with Crippen molar-refractivity contribution in [1.29, 1.82) is 0 Å². The van der Waals surface area contributed by atoms with Crippen LogP contribution in [0.5, 0.6) is 0 Å². The first kappa shape index (κ1) is 28.5. The van der Waals surface area contributed by atoms with Crippen LogP contribution in [-0.2, 0) is 23.9 Å². The van der Waals surface area contributed by atoms with Crippen LogP contribution in [0.4, 0.5) is 0 Å². The van der Waals surface area contributed by atoms with E-state index in [4.69, 9.17) is 4.74 Å². The maximum Gasteiger partial charge on any atom is 0.248 e. The zero-order valence-corrected chi connectivity index (χ0v) is 21.3. The molecule has 0 spiro atoms.